The van der Waals surface area contributed by atoms with Gasteiger partial charge in [0.25, 0.3) is 0 Å². The summed E-state index contributed by atoms with van der Waals surface area (Å²) in [7, 11) is 0. The molecule has 0 spiro atoms. The maximum absolute atomic E-state index is 6.12. The van der Waals surface area contributed by atoms with E-state index in [9.17, 15) is 0 Å². The molecule has 0 atom stereocenters. The van der Waals surface area contributed by atoms with Gasteiger partial charge in [0, 0.05) is 4.47 Å². The van der Waals surface area contributed by atoms with E-state index in [4.69, 9.17) is 17.3 Å². The van der Waals surface area contributed by atoms with Gasteiger partial charge in [0.05, 0.1) is 22.1 Å². The maximum atomic E-state index is 6.12. The highest BCUT2D eigenvalue weighted by Gasteiger charge is 2.04. The van der Waals surface area contributed by atoms with E-state index in [0.717, 1.165) is 21.4 Å². The lowest BCUT2D eigenvalue weighted by Crippen LogP contribution is -1.97. The average Bonchev–Trinajstić information content (AvgIpc) is 2.28. The van der Waals surface area contributed by atoms with Gasteiger partial charge in [-0.25, -0.2) is 0 Å². The van der Waals surface area contributed by atoms with Crippen LogP contribution in [0.2, 0.25) is 5.02 Å². The molecule has 0 heterocycles. The normalized spacial score (nSPS) is 10.3. The number of hydrogen-bond acceptors (Lipinski definition) is 2. The number of nitrogen functional groups attached to an aromatic ring is 1. The molecule has 0 aliphatic carbocycles. The number of nitrogens with one attached hydrogen (secondary N) is 1. The number of hydrogen-bond donors (Lipinski definition) is 2. The molecule has 0 saturated heterocycles. The van der Waals surface area contributed by atoms with Gasteiger partial charge in [0.1, 0.15) is 0 Å². The fraction of sp³-hybridized carbons (Fsp3) is 0.0769. The van der Waals surface area contributed by atoms with Crippen molar-refractivity contribution in [2.75, 3.05) is 11.1 Å². The molecule has 0 radical (unpaired) electrons. The minimum atomic E-state index is 0.676. The molecule has 0 aromatic heterocycles. The van der Waals surface area contributed by atoms with Crippen LogP contribution in [0.3, 0.4) is 0 Å². The summed E-state index contributed by atoms with van der Waals surface area (Å²) in [5.41, 5.74) is 9.43. The van der Waals surface area contributed by atoms with Gasteiger partial charge in [-0.1, -0.05) is 33.6 Å². The second-order valence-corrected chi connectivity index (χ2v) is 5.16. The molecule has 0 fully saturated rings. The zero-order valence-corrected chi connectivity index (χ0v) is 11.6. The molecule has 0 aliphatic heterocycles. The molecule has 88 valence electrons. The van der Waals surface area contributed by atoms with E-state index in [1.165, 1.54) is 0 Å². The summed E-state index contributed by atoms with van der Waals surface area (Å²) >= 11 is 9.54. The van der Waals surface area contributed by atoms with Crippen LogP contribution in [0, 0.1) is 6.92 Å². The summed E-state index contributed by atoms with van der Waals surface area (Å²) in [5, 5.41) is 3.91. The van der Waals surface area contributed by atoms with Gasteiger partial charge in [-0.3, -0.25) is 0 Å². The molecule has 3 N–H and O–H groups in total. The number of aryl methyl sites for hydroxylation is 1. The average molecular weight is 312 g/mol. The van der Waals surface area contributed by atoms with Crippen molar-refractivity contribution < 1.29 is 0 Å². The van der Waals surface area contributed by atoms with Gasteiger partial charge in [0.15, 0.2) is 0 Å². The van der Waals surface area contributed by atoms with Gasteiger partial charge >= 0.3 is 0 Å². The molecule has 0 bridgehead atoms. The number of halogens is 2. The minimum Gasteiger partial charge on any atom is -0.397 e. The van der Waals surface area contributed by atoms with Crippen molar-refractivity contribution >= 4 is 44.6 Å². The predicted octanol–water partition coefficient (Wildman–Crippen LogP) is 4.74. The van der Waals surface area contributed by atoms with Crippen LogP contribution >= 0.6 is 27.5 Å². The van der Waals surface area contributed by atoms with Gasteiger partial charge in [-0.2, -0.15) is 0 Å². The lowest BCUT2D eigenvalue weighted by Gasteiger charge is -2.12. The predicted molar refractivity (Wildman–Crippen MR) is 78.0 cm³/mol. The highest BCUT2D eigenvalue weighted by atomic mass is 79.9. The van der Waals surface area contributed by atoms with Crippen LogP contribution in [0.25, 0.3) is 0 Å². The summed E-state index contributed by atoms with van der Waals surface area (Å²) in [6.07, 6.45) is 0. The Balaban J connectivity index is 2.37. The maximum Gasteiger partial charge on any atom is 0.0641 e. The van der Waals surface area contributed by atoms with E-state index in [-0.39, 0.29) is 0 Å². The van der Waals surface area contributed by atoms with E-state index >= 15 is 0 Å². The number of nitrogens with two attached hydrogens (primary N) is 1. The first-order chi connectivity index (χ1) is 8.06. The lowest BCUT2D eigenvalue weighted by atomic mass is 10.2. The zero-order chi connectivity index (χ0) is 12.4. The Morgan fingerprint density at radius 2 is 1.88 bits per heavy atom. The Hall–Kier alpha value is -1.19. The van der Waals surface area contributed by atoms with Crippen molar-refractivity contribution in [3.63, 3.8) is 0 Å². The molecule has 0 unspecified atom stereocenters. The molecule has 0 amide bonds. The highest BCUT2D eigenvalue weighted by Crippen LogP contribution is 2.30. The largest absolute Gasteiger partial charge is 0.397 e. The standard InChI is InChI=1S/C13H12BrClN2/c1-8-2-4-10(15)12(6-8)17-13-7-9(14)3-5-11(13)16/h2-7,17H,16H2,1H3. The Bertz CT molecular complexity index is 506. The Kier molecular flexibility index (Phi) is 3.60. The summed E-state index contributed by atoms with van der Waals surface area (Å²) in [6.45, 7) is 2.02. The van der Waals surface area contributed by atoms with Crippen molar-refractivity contribution in [3.8, 4) is 0 Å². The first kappa shape index (κ1) is 12.3. The van der Waals surface area contributed by atoms with E-state index in [2.05, 4.69) is 21.2 Å². The molecule has 2 rings (SSSR count). The van der Waals surface area contributed by atoms with Crippen LogP contribution in [0.15, 0.2) is 40.9 Å². The number of benzene rings is 2. The van der Waals surface area contributed by atoms with Crippen molar-refractivity contribution in [2.24, 2.45) is 0 Å². The van der Waals surface area contributed by atoms with E-state index in [0.29, 0.717) is 10.7 Å². The monoisotopic (exact) mass is 310 g/mol. The van der Waals surface area contributed by atoms with Crippen LogP contribution in [-0.2, 0) is 0 Å². The molecule has 2 aromatic carbocycles. The van der Waals surface area contributed by atoms with E-state index in [1.54, 1.807) is 0 Å². The molecular formula is C13H12BrClN2. The van der Waals surface area contributed by atoms with Crippen LogP contribution in [-0.4, -0.2) is 0 Å². The van der Waals surface area contributed by atoms with Crippen LogP contribution in [0.5, 0.6) is 0 Å². The van der Waals surface area contributed by atoms with Crippen molar-refractivity contribution in [3.05, 3.63) is 51.5 Å². The molecule has 4 heteroatoms. The second kappa shape index (κ2) is 4.98. The van der Waals surface area contributed by atoms with Gasteiger partial charge in [-0.05, 0) is 42.8 Å². The molecule has 2 aromatic rings. The molecule has 2 nitrogen and oxygen atoms in total. The number of rotatable bonds is 2. The summed E-state index contributed by atoms with van der Waals surface area (Å²) in [4.78, 5) is 0. The summed E-state index contributed by atoms with van der Waals surface area (Å²) in [5.74, 6) is 0. The van der Waals surface area contributed by atoms with Crippen LogP contribution in [0.1, 0.15) is 5.56 Å². The first-order valence-corrected chi connectivity index (χ1v) is 6.31. The fourth-order valence-electron chi connectivity index (χ4n) is 1.52. The third-order valence-corrected chi connectivity index (χ3v) is 3.23. The molecule has 17 heavy (non-hydrogen) atoms. The third-order valence-electron chi connectivity index (χ3n) is 2.41. The van der Waals surface area contributed by atoms with E-state index in [1.807, 2.05) is 43.3 Å². The van der Waals surface area contributed by atoms with Gasteiger partial charge in [0.2, 0.25) is 0 Å². The van der Waals surface area contributed by atoms with Gasteiger partial charge in [-0.15, -0.1) is 0 Å². The molecular weight excluding hydrogens is 300 g/mol. The summed E-state index contributed by atoms with van der Waals surface area (Å²) < 4.78 is 0.970. The van der Waals surface area contributed by atoms with Crippen LogP contribution in [0.4, 0.5) is 17.1 Å². The lowest BCUT2D eigenvalue weighted by molar-refractivity contribution is 1.45. The molecule has 0 aliphatic rings. The zero-order valence-electron chi connectivity index (χ0n) is 9.30. The SMILES string of the molecule is Cc1ccc(Cl)c(Nc2cc(Br)ccc2N)c1. The minimum absolute atomic E-state index is 0.676. The third kappa shape index (κ3) is 2.93. The van der Waals surface area contributed by atoms with Crippen molar-refractivity contribution in [1.29, 1.82) is 0 Å². The van der Waals surface area contributed by atoms with Crippen LogP contribution < -0.4 is 11.1 Å². The summed E-state index contributed by atoms with van der Waals surface area (Å²) in [6, 6.07) is 11.5. The van der Waals surface area contributed by atoms with Crippen molar-refractivity contribution in [1.82, 2.24) is 0 Å². The second-order valence-electron chi connectivity index (χ2n) is 3.84. The van der Waals surface area contributed by atoms with E-state index < -0.39 is 0 Å². The van der Waals surface area contributed by atoms with Gasteiger partial charge < -0.3 is 11.1 Å². The van der Waals surface area contributed by atoms with Crippen molar-refractivity contribution in [2.45, 2.75) is 6.92 Å². The fourth-order valence-corrected chi connectivity index (χ4v) is 2.04. The number of anilines is 3. The smallest absolute Gasteiger partial charge is 0.0641 e. The molecule has 0 saturated carbocycles. The quantitative estimate of drug-likeness (QED) is 0.786. The first-order valence-electron chi connectivity index (χ1n) is 5.14. The Morgan fingerprint density at radius 1 is 1.12 bits per heavy atom. The topological polar surface area (TPSA) is 38.0 Å². The Morgan fingerprint density at radius 3 is 2.65 bits per heavy atom. The highest BCUT2D eigenvalue weighted by molar-refractivity contribution is 9.10. The Labute approximate surface area is 114 Å².